The second-order valence-corrected chi connectivity index (χ2v) is 5.01. The van der Waals surface area contributed by atoms with Crippen LogP contribution in [0.25, 0.3) is 0 Å². The minimum absolute atomic E-state index is 0.0154. The van der Waals surface area contributed by atoms with Crippen LogP contribution in [0.4, 0.5) is 0 Å². The number of rotatable bonds is 2. The molecule has 2 amide bonds. The summed E-state index contributed by atoms with van der Waals surface area (Å²) in [7, 11) is 0. The van der Waals surface area contributed by atoms with Gasteiger partial charge in [-0.3, -0.25) is 9.59 Å². The summed E-state index contributed by atoms with van der Waals surface area (Å²) in [6.07, 6.45) is 3.99. The van der Waals surface area contributed by atoms with Gasteiger partial charge in [0, 0.05) is 6.04 Å². The molecule has 1 saturated heterocycles. The highest BCUT2D eigenvalue weighted by molar-refractivity contribution is 5.94. The molecule has 1 aliphatic heterocycles. The molecule has 0 spiro atoms. The van der Waals surface area contributed by atoms with Gasteiger partial charge >= 0.3 is 0 Å². The molecule has 0 bridgehead atoms. The van der Waals surface area contributed by atoms with Crippen LogP contribution in [0, 0.1) is 5.92 Å². The predicted octanol–water partition coefficient (Wildman–Crippen LogP) is 0.912. The highest BCUT2D eigenvalue weighted by Crippen LogP contribution is 2.31. The number of hydrogen-bond acceptors (Lipinski definition) is 2. The van der Waals surface area contributed by atoms with Crippen LogP contribution in [0.2, 0.25) is 0 Å². The molecule has 4 nitrogen and oxygen atoms in total. The Morgan fingerprint density at radius 1 is 1.38 bits per heavy atom. The van der Waals surface area contributed by atoms with Gasteiger partial charge in [-0.2, -0.15) is 0 Å². The van der Waals surface area contributed by atoms with Crippen molar-refractivity contribution < 1.29 is 9.59 Å². The molecule has 1 heterocycles. The minimum atomic E-state index is -0.239. The number of nitrogens with one attached hydrogen (secondary N) is 1. The van der Waals surface area contributed by atoms with E-state index in [1.807, 2.05) is 11.8 Å². The molecule has 2 rings (SSSR count). The first kappa shape index (κ1) is 11.4. The van der Waals surface area contributed by atoms with Gasteiger partial charge in [0.1, 0.15) is 6.04 Å². The number of piperazine rings is 1. The van der Waals surface area contributed by atoms with E-state index in [-0.39, 0.29) is 24.4 Å². The van der Waals surface area contributed by atoms with Crippen molar-refractivity contribution >= 4 is 11.8 Å². The summed E-state index contributed by atoms with van der Waals surface area (Å²) in [5.41, 5.74) is 0. The number of nitrogens with zero attached hydrogens (tertiary/aromatic N) is 1. The van der Waals surface area contributed by atoms with Gasteiger partial charge in [-0.1, -0.05) is 13.8 Å². The van der Waals surface area contributed by atoms with E-state index in [1.165, 1.54) is 6.42 Å². The molecule has 3 unspecified atom stereocenters. The Balaban J connectivity index is 2.14. The number of carbonyl (C=O) groups excluding carboxylic acids is 2. The van der Waals surface area contributed by atoms with Gasteiger partial charge in [0.15, 0.2) is 0 Å². The zero-order chi connectivity index (χ0) is 11.7. The van der Waals surface area contributed by atoms with Crippen molar-refractivity contribution in [1.29, 1.82) is 0 Å². The molecule has 0 aromatic carbocycles. The summed E-state index contributed by atoms with van der Waals surface area (Å²) in [6.45, 7) is 4.36. The van der Waals surface area contributed by atoms with Crippen molar-refractivity contribution in [2.24, 2.45) is 5.92 Å². The van der Waals surface area contributed by atoms with E-state index >= 15 is 0 Å². The fraction of sp³-hybridized carbons (Fsp3) is 0.833. The molecule has 1 aliphatic carbocycles. The first-order chi connectivity index (χ1) is 7.63. The summed E-state index contributed by atoms with van der Waals surface area (Å²) < 4.78 is 0. The lowest BCUT2D eigenvalue weighted by Crippen LogP contribution is -2.60. The maximum atomic E-state index is 11.9. The topological polar surface area (TPSA) is 49.4 Å². The van der Waals surface area contributed by atoms with Crippen LogP contribution in [0.1, 0.15) is 39.5 Å². The van der Waals surface area contributed by atoms with Gasteiger partial charge in [0.2, 0.25) is 11.8 Å². The van der Waals surface area contributed by atoms with Crippen LogP contribution in [0.5, 0.6) is 0 Å². The third-order valence-corrected chi connectivity index (χ3v) is 3.79. The molecule has 0 aromatic heterocycles. The average Bonchev–Trinajstić information content (AvgIpc) is 2.67. The van der Waals surface area contributed by atoms with Crippen molar-refractivity contribution in [1.82, 2.24) is 10.2 Å². The van der Waals surface area contributed by atoms with Crippen molar-refractivity contribution in [3.63, 3.8) is 0 Å². The molecule has 0 aromatic rings. The third kappa shape index (κ3) is 1.93. The van der Waals surface area contributed by atoms with E-state index in [0.29, 0.717) is 18.4 Å². The highest BCUT2D eigenvalue weighted by Gasteiger charge is 2.39. The van der Waals surface area contributed by atoms with E-state index in [1.54, 1.807) is 0 Å². The van der Waals surface area contributed by atoms with Crippen LogP contribution >= 0.6 is 0 Å². The molecule has 1 saturated carbocycles. The Labute approximate surface area is 96.4 Å². The monoisotopic (exact) mass is 224 g/mol. The minimum Gasteiger partial charge on any atom is -0.345 e. The Kier molecular flexibility index (Phi) is 3.17. The quantitative estimate of drug-likeness (QED) is 0.758. The number of carbonyl (C=O) groups is 2. The van der Waals surface area contributed by atoms with Crippen LogP contribution in [0.15, 0.2) is 0 Å². The van der Waals surface area contributed by atoms with E-state index in [4.69, 9.17) is 0 Å². The molecule has 3 atom stereocenters. The Morgan fingerprint density at radius 2 is 2.12 bits per heavy atom. The van der Waals surface area contributed by atoms with E-state index in [2.05, 4.69) is 12.2 Å². The lowest BCUT2D eigenvalue weighted by molar-refractivity contribution is -0.148. The number of hydrogen-bond donors (Lipinski definition) is 1. The Hall–Kier alpha value is -1.06. The predicted molar refractivity (Wildman–Crippen MR) is 60.7 cm³/mol. The van der Waals surface area contributed by atoms with Gasteiger partial charge in [-0.25, -0.2) is 0 Å². The zero-order valence-corrected chi connectivity index (χ0v) is 10.0. The first-order valence-corrected chi connectivity index (χ1v) is 6.22. The lowest BCUT2D eigenvalue weighted by Gasteiger charge is -2.38. The highest BCUT2D eigenvalue weighted by atomic mass is 16.2. The van der Waals surface area contributed by atoms with Crippen molar-refractivity contribution in [2.75, 3.05) is 6.54 Å². The maximum absolute atomic E-state index is 11.9. The van der Waals surface area contributed by atoms with Gasteiger partial charge in [-0.05, 0) is 31.6 Å². The molecular weight excluding hydrogens is 204 g/mol. The summed E-state index contributed by atoms with van der Waals surface area (Å²) in [6, 6.07) is 0.0510. The molecule has 16 heavy (non-hydrogen) atoms. The molecule has 2 aliphatic rings. The zero-order valence-electron chi connectivity index (χ0n) is 10.0. The van der Waals surface area contributed by atoms with Crippen LogP contribution in [-0.2, 0) is 9.59 Å². The Morgan fingerprint density at radius 3 is 2.69 bits per heavy atom. The lowest BCUT2D eigenvalue weighted by atomic mass is 10.0. The first-order valence-electron chi connectivity index (χ1n) is 6.22. The Bertz CT molecular complexity index is 303. The largest absolute Gasteiger partial charge is 0.345 e. The third-order valence-electron chi connectivity index (χ3n) is 3.79. The van der Waals surface area contributed by atoms with Crippen molar-refractivity contribution in [3.8, 4) is 0 Å². The van der Waals surface area contributed by atoms with Gasteiger partial charge in [0.25, 0.3) is 0 Å². The smallest absolute Gasteiger partial charge is 0.243 e. The SMILES string of the molecule is CCC1C(=O)NCC(=O)N1C1CCC(C)C1. The van der Waals surface area contributed by atoms with Crippen LogP contribution in [-0.4, -0.2) is 35.3 Å². The summed E-state index contributed by atoms with van der Waals surface area (Å²) in [5.74, 6) is 0.785. The van der Waals surface area contributed by atoms with E-state index < -0.39 is 0 Å². The fourth-order valence-corrected chi connectivity index (χ4v) is 2.94. The average molecular weight is 224 g/mol. The fourth-order valence-electron chi connectivity index (χ4n) is 2.94. The molecule has 0 radical (unpaired) electrons. The second-order valence-electron chi connectivity index (χ2n) is 5.01. The molecule has 2 fully saturated rings. The van der Waals surface area contributed by atoms with Gasteiger partial charge in [0.05, 0.1) is 6.54 Å². The molecule has 1 N–H and O–H groups in total. The van der Waals surface area contributed by atoms with Crippen molar-refractivity contribution in [2.45, 2.75) is 51.6 Å². The number of amides is 2. The van der Waals surface area contributed by atoms with Gasteiger partial charge in [-0.15, -0.1) is 0 Å². The summed E-state index contributed by atoms with van der Waals surface area (Å²) in [4.78, 5) is 25.5. The normalized spacial score (nSPS) is 35.4. The van der Waals surface area contributed by atoms with Gasteiger partial charge < -0.3 is 10.2 Å². The van der Waals surface area contributed by atoms with Crippen molar-refractivity contribution in [3.05, 3.63) is 0 Å². The van der Waals surface area contributed by atoms with Crippen LogP contribution < -0.4 is 5.32 Å². The summed E-state index contributed by atoms with van der Waals surface area (Å²) in [5, 5.41) is 2.67. The van der Waals surface area contributed by atoms with Crippen LogP contribution in [0.3, 0.4) is 0 Å². The van der Waals surface area contributed by atoms with E-state index in [9.17, 15) is 9.59 Å². The maximum Gasteiger partial charge on any atom is 0.243 e. The second kappa shape index (κ2) is 4.44. The molecule has 90 valence electrons. The standard InChI is InChI=1S/C12H20N2O2/c1-3-10-12(16)13-7-11(15)14(10)9-5-4-8(2)6-9/h8-10H,3-7H2,1-2H3,(H,13,16). The molecule has 4 heteroatoms. The summed E-state index contributed by atoms with van der Waals surface area (Å²) >= 11 is 0. The van der Waals surface area contributed by atoms with E-state index in [0.717, 1.165) is 12.8 Å². The molecular formula is C12H20N2O2.